The summed E-state index contributed by atoms with van der Waals surface area (Å²) in [4.78, 5) is 10.9. The number of benzene rings is 2. The Kier molecular flexibility index (Phi) is 5.62. The SMILES string of the molecule is NC1CCC(N(c2ccnc3cc(Cl)ccc23)c2ccnc3cc(C(F)(F)F)ccc23)CC1. The normalized spacial score (nSPS) is 19.2. The quantitative estimate of drug-likeness (QED) is 0.355. The van der Waals surface area contributed by atoms with Crippen LogP contribution in [0, 0.1) is 0 Å². The molecular weight excluding hydrogens is 449 g/mol. The van der Waals surface area contributed by atoms with E-state index in [1.54, 1.807) is 12.4 Å². The van der Waals surface area contributed by atoms with Crippen LogP contribution in [0.15, 0.2) is 60.9 Å². The number of fused-ring (bicyclic) bond motifs is 2. The number of pyridine rings is 2. The van der Waals surface area contributed by atoms with Gasteiger partial charge in [0.05, 0.1) is 28.0 Å². The molecule has 2 aromatic carbocycles. The molecule has 2 aromatic heterocycles. The second kappa shape index (κ2) is 8.47. The van der Waals surface area contributed by atoms with Crippen molar-refractivity contribution >= 4 is 44.8 Å². The number of anilines is 2. The molecule has 0 unspecified atom stereocenters. The van der Waals surface area contributed by atoms with E-state index in [1.165, 1.54) is 6.07 Å². The molecule has 1 aliphatic rings. The van der Waals surface area contributed by atoms with Crippen molar-refractivity contribution in [1.82, 2.24) is 9.97 Å². The van der Waals surface area contributed by atoms with Crippen molar-refractivity contribution in [3.05, 3.63) is 71.5 Å². The summed E-state index contributed by atoms with van der Waals surface area (Å²) in [5.74, 6) is 0. The average Bonchev–Trinajstić information content (AvgIpc) is 2.79. The molecule has 0 radical (unpaired) electrons. The van der Waals surface area contributed by atoms with Gasteiger partial charge in [-0.05, 0) is 68.1 Å². The Labute approximate surface area is 194 Å². The van der Waals surface area contributed by atoms with Crippen LogP contribution in [-0.4, -0.2) is 22.1 Å². The lowest BCUT2D eigenvalue weighted by molar-refractivity contribution is -0.137. The van der Waals surface area contributed by atoms with Crippen LogP contribution in [0.2, 0.25) is 5.02 Å². The predicted molar refractivity (Wildman–Crippen MR) is 126 cm³/mol. The second-order valence-corrected chi connectivity index (χ2v) is 8.93. The first-order valence-corrected chi connectivity index (χ1v) is 11.2. The van der Waals surface area contributed by atoms with Crippen LogP contribution in [0.1, 0.15) is 31.2 Å². The molecule has 0 amide bonds. The molecule has 2 N–H and O–H groups in total. The standard InChI is InChI=1S/C25H22ClF3N4/c26-16-2-8-20-22(14-16)32-12-10-24(20)33(18-5-3-17(30)4-6-18)23-9-11-31-21-13-15(25(27,28)29)1-7-19(21)23/h1-2,7-14,17-18H,3-6,30H2. The fourth-order valence-corrected chi connectivity index (χ4v) is 4.88. The predicted octanol–water partition coefficient (Wildman–Crippen LogP) is 6.86. The van der Waals surface area contributed by atoms with Gasteiger partial charge in [-0.15, -0.1) is 0 Å². The third-order valence-electron chi connectivity index (χ3n) is 6.35. The number of aromatic nitrogens is 2. The van der Waals surface area contributed by atoms with Crippen molar-refractivity contribution in [1.29, 1.82) is 0 Å². The summed E-state index contributed by atoms with van der Waals surface area (Å²) >= 11 is 6.19. The molecule has 4 nitrogen and oxygen atoms in total. The van der Waals surface area contributed by atoms with Gasteiger partial charge in [0, 0.05) is 40.3 Å². The van der Waals surface area contributed by atoms with E-state index in [1.807, 2.05) is 30.3 Å². The van der Waals surface area contributed by atoms with Crippen LogP contribution in [0.25, 0.3) is 21.8 Å². The first kappa shape index (κ1) is 21.9. The zero-order valence-electron chi connectivity index (χ0n) is 17.7. The van der Waals surface area contributed by atoms with Gasteiger partial charge < -0.3 is 10.6 Å². The topological polar surface area (TPSA) is 55.0 Å². The van der Waals surface area contributed by atoms with Crippen LogP contribution in [0.5, 0.6) is 0 Å². The van der Waals surface area contributed by atoms with Crippen LogP contribution in [-0.2, 0) is 6.18 Å². The fraction of sp³-hybridized carbons (Fsp3) is 0.280. The lowest BCUT2D eigenvalue weighted by Gasteiger charge is -2.38. The van der Waals surface area contributed by atoms with Gasteiger partial charge in [0.2, 0.25) is 0 Å². The fourth-order valence-electron chi connectivity index (χ4n) is 4.72. The molecule has 8 heteroatoms. The van der Waals surface area contributed by atoms with Crippen molar-refractivity contribution in [3.63, 3.8) is 0 Å². The zero-order chi connectivity index (χ0) is 23.2. The molecular formula is C25H22ClF3N4. The summed E-state index contributed by atoms with van der Waals surface area (Å²) in [5.41, 5.74) is 8.28. The lowest BCUT2D eigenvalue weighted by Crippen LogP contribution is -2.38. The molecule has 5 rings (SSSR count). The van der Waals surface area contributed by atoms with Crippen LogP contribution in [0.4, 0.5) is 24.5 Å². The van der Waals surface area contributed by atoms with E-state index in [0.29, 0.717) is 15.9 Å². The lowest BCUT2D eigenvalue weighted by atomic mass is 9.89. The summed E-state index contributed by atoms with van der Waals surface area (Å²) in [5, 5.41) is 2.18. The number of hydrogen-bond acceptors (Lipinski definition) is 4. The zero-order valence-corrected chi connectivity index (χ0v) is 18.4. The molecule has 1 fully saturated rings. The highest BCUT2D eigenvalue weighted by Crippen LogP contribution is 2.41. The molecule has 0 saturated heterocycles. The first-order valence-electron chi connectivity index (χ1n) is 10.9. The van der Waals surface area contributed by atoms with Crippen molar-refractivity contribution in [2.24, 2.45) is 5.73 Å². The van der Waals surface area contributed by atoms with E-state index >= 15 is 0 Å². The molecule has 1 saturated carbocycles. The summed E-state index contributed by atoms with van der Waals surface area (Å²) in [7, 11) is 0. The van der Waals surface area contributed by atoms with Crippen molar-refractivity contribution in [3.8, 4) is 0 Å². The molecule has 33 heavy (non-hydrogen) atoms. The molecule has 2 heterocycles. The minimum Gasteiger partial charge on any atom is -0.337 e. The van der Waals surface area contributed by atoms with Gasteiger partial charge in [-0.25, -0.2) is 0 Å². The smallest absolute Gasteiger partial charge is 0.337 e. The highest BCUT2D eigenvalue weighted by molar-refractivity contribution is 6.31. The minimum absolute atomic E-state index is 0.138. The Morgan fingerprint density at radius 2 is 1.39 bits per heavy atom. The highest BCUT2D eigenvalue weighted by Gasteiger charge is 2.32. The van der Waals surface area contributed by atoms with Crippen LogP contribution < -0.4 is 10.6 Å². The third-order valence-corrected chi connectivity index (χ3v) is 6.59. The second-order valence-electron chi connectivity index (χ2n) is 8.49. The summed E-state index contributed by atoms with van der Waals surface area (Å²) in [6, 6.07) is 13.4. The maximum Gasteiger partial charge on any atom is 0.416 e. The molecule has 0 bridgehead atoms. The average molecular weight is 471 g/mol. The Bertz CT molecular complexity index is 1320. The molecule has 0 spiro atoms. The van der Waals surface area contributed by atoms with Gasteiger partial charge in [0.25, 0.3) is 0 Å². The number of hydrogen-bond donors (Lipinski definition) is 1. The maximum atomic E-state index is 13.3. The largest absolute Gasteiger partial charge is 0.416 e. The van der Waals surface area contributed by atoms with E-state index in [0.717, 1.165) is 60.1 Å². The molecule has 4 aromatic rings. The van der Waals surface area contributed by atoms with Gasteiger partial charge in [-0.1, -0.05) is 17.7 Å². The van der Waals surface area contributed by atoms with Gasteiger partial charge >= 0.3 is 6.18 Å². The van der Waals surface area contributed by atoms with Gasteiger partial charge in [0.1, 0.15) is 0 Å². The van der Waals surface area contributed by atoms with Crippen molar-refractivity contribution in [2.45, 2.75) is 43.9 Å². The molecule has 1 aliphatic carbocycles. The van der Waals surface area contributed by atoms with Crippen LogP contribution >= 0.6 is 11.6 Å². The van der Waals surface area contributed by atoms with E-state index in [2.05, 4.69) is 14.9 Å². The van der Waals surface area contributed by atoms with E-state index in [4.69, 9.17) is 17.3 Å². The molecule has 0 atom stereocenters. The Morgan fingerprint density at radius 1 is 0.818 bits per heavy atom. The number of alkyl halides is 3. The Balaban J connectivity index is 1.72. The number of halogens is 4. The van der Waals surface area contributed by atoms with Crippen molar-refractivity contribution < 1.29 is 13.2 Å². The van der Waals surface area contributed by atoms with Gasteiger partial charge in [0.15, 0.2) is 0 Å². The summed E-state index contributed by atoms with van der Waals surface area (Å²) in [6.07, 6.45) is 2.41. The molecule has 0 aliphatic heterocycles. The summed E-state index contributed by atoms with van der Waals surface area (Å²) in [6.45, 7) is 0. The third kappa shape index (κ3) is 4.23. The Hall–Kier alpha value is -2.90. The van der Waals surface area contributed by atoms with Crippen molar-refractivity contribution in [2.75, 3.05) is 4.90 Å². The first-order chi connectivity index (χ1) is 15.8. The Morgan fingerprint density at radius 3 is 2.00 bits per heavy atom. The minimum atomic E-state index is -4.42. The van der Waals surface area contributed by atoms with E-state index < -0.39 is 11.7 Å². The number of nitrogens with zero attached hydrogens (tertiary/aromatic N) is 3. The number of rotatable bonds is 3. The maximum absolute atomic E-state index is 13.3. The van der Waals surface area contributed by atoms with Gasteiger partial charge in [-0.2, -0.15) is 13.2 Å². The monoisotopic (exact) mass is 470 g/mol. The van der Waals surface area contributed by atoms with Gasteiger partial charge in [-0.3, -0.25) is 9.97 Å². The number of nitrogens with two attached hydrogens (primary N) is 1. The highest BCUT2D eigenvalue weighted by atomic mass is 35.5. The van der Waals surface area contributed by atoms with E-state index in [-0.39, 0.29) is 12.1 Å². The summed E-state index contributed by atoms with van der Waals surface area (Å²) < 4.78 is 39.9. The molecule has 170 valence electrons. The van der Waals surface area contributed by atoms with Crippen LogP contribution in [0.3, 0.4) is 0 Å². The van der Waals surface area contributed by atoms with E-state index in [9.17, 15) is 13.2 Å².